The van der Waals surface area contributed by atoms with Gasteiger partial charge in [0.2, 0.25) is 5.91 Å². The zero-order valence-electron chi connectivity index (χ0n) is 9.99. The molecule has 0 aromatic heterocycles. The van der Waals surface area contributed by atoms with E-state index in [2.05, 4.69) is 5.32 Å². The van der Waals surface area contributed by atoms with Crippen molar-refractivity contribution in [1.29, 1.82) is 0 Å². The summed E-state index contributed by atoms with van der Waals surface area (Å²) < 4.78 is 4.80. The maximum atomic E-state index is 11.3. The minimum atomic E-state index is -0.549. The predicted octanol–water partition coefficient (Wildman–Crippen LogP) is -0.550. The van der Waals surface area contributed by atoms with Gasteiger partial charge < -0.3 is 15.2 Å². The molecule has 0 saturated carbocycles. The van der Waals surface area contributed by atoms with Crippen LogP contribution in [0.2, 0.25) is 0 Å². The summed E-state index contributed by atoms with van der Waals surface area (Å²) in [5.41, 5.74) is 0. The first-order chi connectivity index (χ1) is 6.95. The summed E-state index contributed by atoms with van der Waals surface area (Å²) in [6.45, 7) is 4.84. The molecule has 2 N–H and O–H groups in total. The van der Waals surface area contributed by atoms with Gasteiger partial charge in [-0.3, -0.25) is 9.69 Å². The highest BCUT2D eigenvalue weighted by Crippen LogP contribution is 1.90. The van der Waals surface area contributed by atoms with Gasteiger partial charge in [-0.15, -0.1) is 0 Å². The number of hydrogen-bond donors (Lipinski definition) is 2. The number of ether oxygens (including phenoxy) is 1. The predicted molar refractivity (Wildman–Crippen MR) is 58.7 cm³/mol. The largest absolute Gasteiger partial charge is 0.389 e. The second-order valence-corrected chi connectivity index (χ2v) is 4.03. The normalized spacial score (nSPS) is 13.3. The topological polar surface area (TPSA) is 61.8 Å². The number of rotatable bonds is 7. The lowest BCUT2D eigenvalue weighted by Crippen LogP contribution is -2.41. The maximum absolute atomic E-state index is 11.3. The Balaban J connectivity index is 3.72. The van der Waals surface area contributed by atoms with E-state index >= 15 is 0 Å². The molecule has 1 amide bonds. The second-order valence-electron chi connectivity index (χ2n) is 4.03. The highest BCUT2D eigenvalue weighted by atomic mass is 16.5. The molecule has 0 radical (unpaired) electrons. The monoisotopic (exact) mass is 218 g/mol. The van der Waals surface area contributed by atoms with E-state index in [4.69, 9.17) is 4.74 Å². The zero-order valence-corrected chi connectivity index (χ0v) is 9.99. The van der Waals surface area contributed by atoms with Crippen molar-refractivity contribution >= 4 is 5.91 Å². The number of hydrogen-bond acceptors (Lipinski definition) is 4. The van der Waals surface area contributed by atoms with Gasteiger partial charge in [0.25, 0.3) is 0 Å². The first-order valence-electron chi connectivity index (χ1n) is 5.10. The summed E-state index contributed by atoms with van der Waals surface area (Å²) in [7, 11) is 3.33. The molecule has 0 bridgehead atoms. The van der Waals surface area contributed by atoms with Gasteiger partial charge in [-0.05, 0) is 20.9 Å². The van der Waals surface area contributed by atoms with Gasteiger partial charge in [0, 0.05) is 19.7 Å². The molecular weight excluding hydrogens is 196 g/mol. The van der Waals surface area contributed by atoms with Crippen molar-refractivity contribution in [1.82, 2.24) is 10.2 Å². The average Bonchev–Trinajstić information content (AvgIpc) is 2.00. The van der Waals surface area contributed by atoms with Crippen molar-refractivity contribution in [3.05, 3.63) is 0 Å². The number of carbonyl (C=O) groups is 1. The van der Waals surface area contributed by atoms with Crippen LogP contribution in [-0.2, 0) is 9.53 Å². The lowest BCUT2D eigenvalue weighted by molar-refractivity contribution is -0.122. The molecule has 0 spiro atoms. The third-order valence-electron chi connectivity index (χ3n) is 1.74. The standard InChI is InChI=1S/C10H22N2O3/c1-8(2)11-10(14)6-12(3)5-9(13)7-15-4/h8-9,13H,5-7H2,1-4H3,(H,11,14). The van der Waals surface area contributed by atoms with Gasteiger partial charge in [0.05, 0.1) is 19.3 Å². The number of aliphatic hydroxyl groups excluding tert-OH is 1. The highest BCUT2D eigenvalue weighted by Gasteiger charge is 2.11. The van der Waals surface area contributed by atoms with Crippen molar-refractivity contribution in [2.45, 2.75) is 26.0 Å². The number of amides is 1. The average molecular weight is 218 g/mol. The van der Waals surface area contributed by atoms with Crippen molar-refractivity contribution in [3.8, 4) is 0 Å². The highest BCUT2D eigenvalue weighted by molar-refractivity contribution is 5.78. The minimum Gasteiger partial charge on any atom is -0.389 e. The molecule has 0 fully saturated rings. The maximum Gasteiger partial charge on any atom is 0.234 e. The van der Waals surface area contributed by atoms with Crippen LogP contribution in [0.1, 0.15) is 13.8 Å². The van der Waals surface area contributed by atoms with Gasteiger partial charge in [0.1, 0.15) is 0 Å². The zero-order chi connectivity index (χ0) is 11.8. The molecular formula is C10H22N2O3. The first kappa shape index (κ1) is 14.3. The minimum absolute atomic E-state index is 0.0304. The molecule has 0 rings (SSSR count). The lowest BCUT2D eigenvalue weighted by Gasteiger charge is -2.20. The van der Waals surface area contributed by atoms with Gasteiger partial charge in [-0.1, -0.05) is 0 Å². The van der Waals surface area contributed by atoms with E-state index in [1.54, 1.807) is 11.9 Å². The van der Waals surface area contributed by atoms with Crippen LogP contribution in [0.25, 0.3) is 0 Å². The fourth-order valence-electron chi connectivity index (χ4n) is 1.28. The Morgan fingerprint density at radius 2 is 2.13 bits per heavy atom. The van der Waals surface area contributed by atoms with Crippen LogP contribution < -0.4 is 5.32 Å². The number of aliphatic hydroxyl groups is 1. The molecule has 0 aromatic rings. The molecule has 5 heteroatoms. The Morgan fingerprint density at radius 1 is 1.53 bits per heavy atom. The van der Waals surface area contributed by atoms with Gasteiger partial charge >= 0.3 is 0 Å². The summed E-state index contributed by atoms with van der Waals surface area (Å²) in [5.74, 6) is -0.0304. The van der Waals surface area contributed by atoms with E-state index < -0.39 is 6.10 Å². The summed E-state index contributed by atoms with van der Waals surface area (Å²) in [5, 5.41) is 12.2. The van der Waals surface area contributed by atoms with Crippen molar-refractivity contribution in [2.24, 2.45) is 0 Å². The van der Waals surface area contributed by atoms with Crippen LogP contribution in [0.4, 0.5) is 0 Å². The van der Waals surface area contributed by atoms with E-state index in [1.807, 2.05) is 13.8 Å². The molecule has 0 aliphatic rings. The number of nitrogens with one attached hydrogen (secondary N) is 1. The summed E-state index contributed by atoms with van der Waals surface area (Å²) in [6, 6.07) is 0.148. The number of carbonyl (C=O) groups excluding carboxylic acids is 1. The van der Waals surface area contributed by atoms with E-state index in [0.717, 1.165) is 0 Å². The van der Waals surface area contributed by atoms with Gasteiger partial charge in [0.15, 0.2) is 0 Å². The van der Waals surface area contributed by atoms with Crippen LogP contribution in [0.3, 0.4) is 0 Å². The SMILES string of the molecule is COCC(O)CN(C)CC(=O)NC(C)C. The van der Waals surface area contributed by atoms with E-state index in [9.17, 15) is 9.90 Å². The Morgan fingerprint density at radius 3 is 2.60 bits per heavy atom. The quantitative estimate of drug-likeness (QED) is 0.602. The Bertz CT molecular complexity index is 186. The number of likely N-dealkylation sites (N-methyl/N-ethyl adjacent to an activating group) is 1. The van der Waals surface area contributed by atoms with E-state index in [0.29, 0.717) is 13.1 Å². The van der Waals surface area contributed by atoms with Gasteiger partial charge in [-0.2, -0.15) is 0 Å². The Labute approximate surface area is 91.4 Å². The molecule has 0 saturated heterocycles. The summed E-state index contributed by atoms with van der Waals surface area (Å²) in [6.07, 6.45) is -0.549. The fourth-order valence-corrected chi connectivity index (χ4v) is 1.28. The molecule has 0 aliphatic heterocycles. The van der Waals surface area contributed by atoms with Crippen LogP contribution in [-0.4, -0.2) is 61.9 Å². The molecule has 0 aromatic carbocycles. The van der Waals surface area contributed by atoms with Crippen LogP contribution in [0.15, 0.2) is 0 Å². The fraction of sp³-hybridized carbons (Fsp3) is 0.900. The van der Waals surface area contributed by atoms with Gasteiger partial charge in [-0.25, -0.2) is 0 Å². The van der Waals surface area contributed by atoms with Crippen LogP contribution in [0.5, 0.6) is 0 Å². The van der Waals surface area contributed by atoms with E-state index in [-0.39, 0.29) is 18.6 Å². The summed E-state index contributed by atoms with van der Waals surface area (Å²) >= 11 is 0. The smallest absolute Gasteiger partial charge is 0.234 e. The third kappa shape index (κ3) is 8.35. The first-order valence-corrected chi connectivity index (χ1v) is 5.10. The third-order valence-corrected chi connectivity index (χ3v) is 1.74. The molecule has 1 unspecified atom stereocenters. The van der Waals surface area contributed by atoms with E-state index in [1.165, 1.54) is 7.11 Å². The Hall–Kier alpha value is -0.650. The van der Waals surface area contributed by atoms with Crippen LogP contribution in [0, 0.1) is 0 Å². The molecule has 15 heavy (non-hydrogen) atoms. The Kier molecular flexibility index (Phi) is 7.29. The molecule has 1 atom stereocenters. The van der Waals surface area contributed by atoms with Crippen molar-refractivity contribution in [2.75, 3.05) is 33.9 Å². The van der Waals surface area contributed by atoms with Crippen molar-refractivity contribution in [3.63, 3.8) is 0 Å². The molecule has 0 heterocycles. The van der Waals surface area contributed by atoms with Crippen molar-refractivity contribution < 1.29 is 14.6 Å². The molecule has 90 valence electrons. The number of nitrogens with zero attached hydrogens (tertiary/aromatic N) is 1. The summed E-state index contributed by atoms with van der Waals surface area (Å²) in [4.78, 5) is 13.1. The van der Waals surface area contributed by atoms with Crippen LogP contribution >= 0.6 is 0 Å². The number of methoxy groups -OCH3 is 1. The second kappa shape index (κ2) is 7.62. The molecule has 0 aliphatic carbocycles. The molecule has 5 nitrogen and oxygen atoms in total. The lowest BCUT2D eigenvalue weighted by atomic mass is 10.3.